The molecule has 0 spiro atoms. The van der Waals surface area contributed by atoms with E-state index < -0.39 is 89.7 Å². The summed E-state index contributed by atoms with van der Waals surface area (Å²) in [7, 11) is -17.7. The van der Waals surface area contributed by atoms with Crippen molar-refractivity contribution in [2.24, 2.45) is 5.41 Å². The molecule has 2 aromatic heterocycles. The first-order valence-electron chi connectivity index (χ1n) is 18.9. The van der Waals surface area contributed by atoms with Crippen LogP contribution in [0.3, 0.4) is 0 Å². The maximum Gasteiger partial charge on any atom is 0.274 e. The van der Waals surface area contributed by atoms with Gasteiger partial charge in [-0.15, -0.1) is 0 Å². The highest BCUT2D eigenvalue weighted by Crippen LogP contribution is 2.56. The van der Waals surface area contributed by atoms with E-state index in [0.717, 1.165) is 54.3 Å². The molecule has 8 N–H and O–H groups in total. The zero-order valence-corrected chi connectivity index (χ0v) is 37.3. The van der Waals surface area contributed by atoms with Gasteiger partial charge < -0.3 is 79.2 Å². The van der Waals surface area contributed by atoms with E-state index in [1.165, 1.54) is 19.9 Å². The number of aromatic nitrogens is 4. The number of phenolic OH excluding ortho intramolecular Hbond substituents is 2. The summed E-state index contributed by atoms with van der Waals surface area (Å²) < 4.78 is 60.7. The number of phosphoric ester groups is 3. The molecular formula is C33H46N7O19P3S-4. The van der Waals surface area contributed by atoms with Crippen LogP contribution in [0, 0.1) is 5.41 Å². The minimum absolute atomic E-state index is 0.0319. The van der Waals surface area contributed by atoms with Crippen molar-refractivity contribution in [1.29, 1.82) is 0 Å². The second-order valence-electron chi connectivity index (χ2n) is 14.6. The number of benzene rings is 1. The quantitative estimate of drug-likeness (QED) is 0.0401. The molecule has 1 saturated heterocycles. The van der Waals surface area contributed by atoms with Gasteiger partial charge in [-0.3, -0.25) is 28.1 Å². The number of nitrogens with one attached hydrogen (secondary N) is 2. The lowest BCUT2D eigenvalue weighted by Crippen LogP contribution is -2.46. The van der Waals surface area contributed by atoms with Crippen LogP contribution in [0.2, 0.25) is 0 Å². The number of aryl methyl sites for hydroxylation is 1. The Morgan fingerprint density at radius 1 is 1.03 bits per heavy atom. The molecule has 0 bridgehead atoms. The number of unbranched alkanes of at least 4 members (excludes halogenated alkanes) is 2. The van der Waals surface area contributed by atoms with Gasteiger partial charge in [-0.2, -0.15) is 0 Å². The number of ether oxygens (including phenoxy) is 1. The lowest BCUT2D eigenvalue weighted by atomic mass is 9.87. The second kappa shape index (κ2) is 22.0. The number of amides is 2. The van der Waals surface area contributed by atoms with Crippen LogP contribution >= 0.6 is 35.2 Å². The van der Waals surface area contributed by atoms with Gasteiger partial charge in [0.25, 0.3) is 15.6 Å². The molecule has 1 fully saturated rings. The molecule has 30 heteroatoms. The van der Waals surface area contributed by atoms with Crippen molar-refractivity contribution in [3.63, 3.8) is 0 Å². The minimum atomic E-state index is -5.94. The van der Waals surface area contributed by atoms with Gasteiger partial charge in [0, 0.05) is 36.7 Å². The van der Waals surface area contributed by atoms with Crippen LogP contribution in [0.25, 0.3) is 11.2 Å². The lowest BCUT2D eigenvalue weighted by Gasteiger charge is -2.36. The lowest BCUT2D eigenvalue weighted by molar-refractivity contribution is -0.347. The normalized spacial score (nSPS) is 20.5. The van der Waals surface area contributed by atoms with Gasteiger partial charge >= 0.3 is 0 Å². The van der Waals surface area contributed by atoms with Crippen molar-refractivity contribution in [3.8, 4) is 11.5 Å². The van der Waals surface area contributed by atoms with E-state index in [2.05, 4.69) is 43.5 Å². The maximum atomic E-state index is 12.8. The van der Waals surface area contributed by atoms with Gasteiger partial charge in [0.15, 0.2) is 17.7 Å². The number of hydrogen-bond acceptors (Lipinski definition) is 24. The number of aliphatic hydroxyl groups is 2. The van der Waals surface area contributed by atoms with Crippen LogP contribution < -0.4 is 35.9 Å². The van der Waals surface area contributed by atoms with Crippen molar-refractivity contribution in [2.45, 2.75) is 83.5 Å². The highest BCUT2D eigenvalue weighted by atomic mass is 32.2. The predicted molar refractivity (Wildman–Crippen MR) is 211 cm³/mol. The van der Waals surface area contributed by atoms with Crippen molar-refractivity contribution >= 4 is 69.1 Å². The van der Waals surface area contributed by atoms with E-state index in [1.54, 1.807) is 0 Å². The summed E-state index contributed by atoms with van der Waals surface area (Å²) in [5, 5.41) is 46.0. The van der Waals surface area contributed by atoms with Crippen LogP contribution in [0.5, 0.6) is 11.5 Å². The molecule has 7 unspecified atom stereocenters. The van der Waals surface area contributed by atoms with Crippen LogP contribution in [-0.2, 0) is 52.3 Å². The highest BCUT2D eigenvalue weighted by molar-refractivity contribution is 8.14. The van der Waals surface area contributed by atoms with Gasteiger partial charge in [-0.1, -0.05) is 45.4 Å². The number of aromatic hydroxyl groups is 2. The van der Waals surface area contributed by atoms with E-state index in [0.29, 0.717) is 12.0 Å². The van der Waals surface area contributed by atoms with Crippen molar-refractivity contribution < 1.29 is 90.7 Å². The van der Waals surface area contributed by atoms with Gasteiger partial charge in [-0.05, 0) is 24.5 Å². The molecule has 0 aliphatic carbocycles. The summed E-state index contributed by atoms with van der Waals surface area (Å²) in [5.41, 5.74) is 4.60. The zero-order valence-electron chi connectivity index (χ0n) is 33.8. The minimum Gasteiger partial charge on any atom is -0.790 e. The Morgan fingerprint density at radius 2 is 1.73 bits per heavy atom. The first kappa shape index (κ1) is 52.0. The van der Waals surface area contributed by atoms with Gasteiger partial charge in [-0.25, -0.2) is 19.3 Å². The third kappa shape index (κ3) is 15.0. The van der Waals surface area contributed by atoms with Crippen LogP contribution in [0.1, 0.15) is 68.6 Å². The molecule has 26 nitrogen and oxygen atoms in total. The molecule has 1 aliphatic rings. The number of nitrogens with zero attached hydrogens (tertiary/aromatic N) is 4. The average Bonchev–Trinajstić information content (AvgIpc) is 3.74. The van der Waals surface area contributed by atoms with Gasteiger partial charge in [0.1, 0.15) is 47.8 Å². The van der Waals surface area contributed by atoms with Crippen molar-refractivity contribution in [2.75, 3.05) is 37.8 Å². The topological polar surface area (TPSA) is 415 Å². The standard InChI is InChI=1S/C33H50N7O19P3S/c1-4-5-6-7-18-12-19(41)13-20(42)23(18)32(47)63-11-10-35-22(43)8-9-36-30(46)27(45)33(2,3)15-56-62(53,54)59-61(51,52)55-14-21-26(58-60(48,49)50)25(44)31(57-21)40-17-39-24-28(34)37-16-38-29(24)40/h12-13,16-17,21,25-27,31,41-42,44-45H,4-11,14-15H2,1-3H3,(H,35,43)(H,36,46)(H,51,52)(H,53,54)(H2,34,37,38)(H2,48,49,50)/p-4. The van der Waals surface area contributed by atoms with Gasteiger partial charge in [0.05, 0.1) is 32.9 Å². The number of rotatable bonds is 24. The number of carbonyl (C=O) groups excluding carboxylic acids is 3. The van der Waals surface area contributed by atoms with Crippen LogP contribution in [-0.4, -0.2) is 113 Å². The fourth-order valence-electron chi connectivity index (χ4n) is 5.99. The third-order valence-corrected chi connectivity index (χ3v) is 13.0. The summed E-state index contributed by atoms with van der Waals surface area (Å²) in [6.45, 7) is 1.79. The molecule has 3 heterocycles. The number of aliphatic hydroxyl groups excluding tert-OH is 2. The number of thioether (sulfide) groups is 1. The molecule has 1 aromatic carbocycles. The van der Waals surface area contributed by atoms with E-state index in [-0.39, 0.29) is 59.3 Å². The summed E-state index contributed by atoms with van der Waals surface area (Å²) >= 11 is 0.843. The van der Waals surface area contributed by atoms with Crippen molar-refractivity contribution in [3.05, 3.63) is 35.9 Å². The molecule has 0 radical (unpaired) electrons. The Balaban J connectivity index is 1.21. The number of imidazole rings is 1. The molecule has 63 heavy (non-hydrogen) atoms. The van der Waals surface area contributed by atoms with E-state index in [4.69, 9.17) is 10.5 Å². The zero-order chi connectivity index (χ0) is 46.9. The number of fused-ring (bicyclic) bond motifs is 1. The van der Waals surface area contributed by atoms with Crippen LogP contribution in [0.4, 0.5) is 5.82 Å². The van der Waals surface area contributed by atoms with E-state index >= 15 is 0 Å². The smallest absolute Gasteiger partial charge is 0.274 e. The monoisotopic (exact) mass is 969 g/mol. The number of hydrogen-bond donors (Lipinski definition) is 7. The Hall–Kier alpha value is -3.62. The Labute approximate surface area is 363 Å². The maximum absolute atomic E-state index is 12.8. The Bertz CT molecular complexity index is 2250. The highest BCUT2D eigenvalue weighted by Gasteiger charge is 2.47. The number of nitrogen functional groups attached to an aromatic ring is 1. The SMILES string of the molecule is CCCCCc1cc(O)cc(O)c1C(=O)SCCNC(=O)CCNC(=O)C(O)C(C)(C)COP(=O)([O-])OP(=O)([O-])OCC1OC(n2cnc3c(N)ncnc32)C(O)C1OP(=O)([O-])[O-]. The first-order valence-corrected chi connectivity index (χ1v) is 24.3. The van der Waals surface area contributed by atoms with Gasteiger partial charge in [0.2, 0.25) is 16.9 Å². The van der Waals surface area contributed by atoms with Crippen molar-refractivity contribution in [1.82, 2.24) is 30.2 Å². The molecule has 0 saturated carbocycles. The third-order valence-electron chi connectivity index (χ3n) is 9.15. The number of phenols is 2. The molecule has 2 amide bonds. The fraction of sp³-hybridized carbons (Fsp3) is 0.576. The van der Waals surface area contributed by atoms with Crippen LogP contribution in [0.15, 0.2) is 24.8 Å². The molecule has 352 valence electrons. The fourth-order valence-corrected chi connectivity index (χ4v) is 9.50. The Morgan fingerprint density at radius 3 is 2.41 bits per heavy atom. The largest absolute Gasteiger partial charge is 0.790 e. The van der Waals surface area contributed by atoms with E-state index in [9.17, 15) is 68.1 Å². The molecule has 1 aliphatic heterocycles. The molecule has 7 atom stereocenters. The number of phosphoric acid groups is 3. The summed E-state index contributed by atoms with van der Waals surface area (Å²) in [4.78, 5) is 97.4. The predicted octanol–water partition coefficient (Wildman–Crippen LogP) is -1.41. The summed E-state index contributed by atoms with van der Waals surface area (Å²) in [5.74, 6) is -2.09. The Kier molecular flexibility index (Phi) is 18.2. The molecule has 4 rings (SSSR count). The number of nitrogens with two attached hydrogens (primary N) is 1. The summed E-state index contributed by atoms with van der Waals surface area (Å²) in [6, 6.07) is 2.50. The summed E-state index contributed by atoms with van der Waals surface area (Å²) in [6.07, 6.45) is -4.74. The van der Waals surface area contributed by atoms with E-state index in [1.807, 2.05) is 6.92 Å². The number of anilines is 1. The average molecular weight is 970 g/mol. The molecular weight excluding hydrogens is 923 g/mol. The number of carbonyl (C=O) groups is 3. The first-order chi connectivity index (χ1) is 29.3. The molecule has 3 aromatic rings. The second-order valence-corrected chi connectivity index (χ2v) is 19.7.